The lowest BCUT2D eigenvalue weighted by atomic mass is 10.2. The summed E-state index contributed by atoms with van der Waals surface area (Å²) in [4.78, 5) is 6.90. The molecule has 0 spiro atoms. The second-order valence-corrected chi connectivity index (χ2v) is 5.68. The summed E-state index contributed by atoms with van der Waals surface area (Å²) in [5, 5.41) is 1.80. The number of pyridine rings is 1. The van der Waals surface area contributed by atoms with Gasteiger partial charge in [0.15, 0.2) is 0 Å². The Balaban J connectivity index is 1.79. The van der Waals surface area contributed by atoms with Crippen molar-refractivity contribution in [3.8, 4) is 0 Å². The molecule has 0 bridgehead atoms. The first kappa shape index (κ1) is 14.1. The van der Waals surface area contributed by atoms with Crippen LogP contribution in [0.25, 0.3) is 10.9 Å². The lowest BCUT2D eigenvalue weighted by Crippen LogP contribution is -2.22. The Morgan fingerprint density at radius 1 is 1.24 bits per heavy atom. The molecule has 0 saturated heterocycles. The second kappa shape index (κ2) is 5.88. The third-order valence-corrected chi connectivity index (χ3v) is 3.97. The average molecular weight is 301 g/mol. The number of aromatic nitrogens is 1. The zero-order valence-electron chi connectivity index (χ0n) is 12.1. The molecule has 0 aliphatic heterocycles. The van der Waals surface area contributed by atoms with Gasteiger partial charge in [0.2, 0.25) is 0 Å². The van der Waals surface area contributed by atoms with E-state index in [-0.39, 0.29) is 6.04 Å². The Hall–Kier alpha value is -1.84. The minimum Gasteiger partial charge on any atom is -0.468 e. The fourth-order valence-electron chi connectivity index (χ4n) is 2.37. The Morgan fingerprint density at radius 3 is 2.86 bits per heavy atom. The van der Waals surface area contributed by atoms with E-state index in [0.29, 0.717) is 0 Å². The number of benzene rings is 1. The maximum atomic E-state index is 5.99. The summed E-state index contributed by atoms with van der Waals surface area (Å²) in [6.45, 7) is 2.89. The number of nitrogens with zero attached hydrogens (tertiary/aromatic N) is 2. The third-order valence-electron chi connectivity index (χ3n) is 3.74. The molecule has 2 heterocycles. The maximum absolute atomic E-state index is 5.99. The first-order valence-corrected chi connectivity index (χ1v) is 7.30. The second-order valence-electron chi connectivity index (χ2n) is 5.25. The van der Waals surface area contributed by atoms with Crippen molar-refractivity contribution >= 4 is 22.5 Å². The van der Waals surface area contributed by atoms with Gasteiger partial charge in [0.25, 0.3) is 0 Å². The van der Waals surface area contributed by atoms with Gasteiger partial charge in [-0.2, -0.15) is 0 Å². The number of hydrogen-bond donors (Lipinski definition) is 0. The fourth-order valence-corrected chi connectivity index (χ4v) is 2.55. The van der Waals surface area contributed by atoms with Crippen LogP contribution < -0.4 is 0 Å². The van der Waals surface area contributed by atoms with Crippen LogP contribution in [0, 0.1) is 0 Å². The molecule has 0 amide bonds. The molecule has 108 valence electrons. The molecule has 4 heteroatoms. The van der Waals surface area contributed by atoms with Crippen LogP contribution in [0.3, 0.4) is 0 Å². The number of fused-ring (bicyclic) bond motifs is 1. The van der Waals surface area contributed by atoms with Gasteiger partial charge >= 0.3 is 0 Å². The van der Waals surface area contributed by atoms with Gasteiger partial charge in [-0.15, -0.1) is 0 Å². The molecule has 0 aliphatic rings. The van der Waals surface area contributed by atoms with Crippen molar-refractivity contribution in [1.82, 2.24) is 9.88 Å². The van der Waals surface area contributed by atoms with E-state index < -0.39 is 0 Å². The van der Waals surface area contributed by atoms with Gasteiger partial charge in [0.05, 0.1) is 23.5 Å². The van der Waals surface area contributed by atoms with Gasteiger partial charge in [0, 0.05) is 17.0 Å². The SMILES string of the molecule is C[C@H](c1ccco1)N(C)Cc1ccc2cc(Cl)ccc2n1. The molecular weight excluding hydrogens is 284 g/mol. The smallest absolute Gasteiger partial charge is 0.120 e. The largest absolute Gasteiger partial charge is 0.468 e. The van der Waals surface area contributed by atoms with E-state index >= 15 is 0 Å². The summed E-state index contributed by atoms with van der Waals surface area (Å²) in [5.41, 5.74) is 2.00. The number of rotatable bonds is 4. The highest BCUT2D eigenvalue weighted by Gasteiger charge is 2.15. The van der Waals surface area contributed by atoms with Crippen LogP contribution in [0.1, 0.15) is 24.4 Å². The van der Waals surface area contributed by atoms with Crippen LogP contribution in [0.2, 0.25) is 5.02 Å². The van der Waals surface area contributed by atoms with Crippen LogP contribution in [0.5, 0.6) is 0 Å². The van der Waals surface area contributed by atoms with Crippen LogP contribution in [-0.2, 0) is 6.54 Å². The van der Waals surface area contributed by atoms with Crippen molar-refractivity contribution in [3.05, 3.63) is 65.2 Å². The van der Waals surface area contributed by atoms with E-state index in [1.165, 1.54) is 0 Å². The molecule has 0 N–H and O–H groups in total. The molecule has 1 atom stereocenters. The number of furan rings is 1. The molecule has 21 heavy (non-hydrogen) atoms. The predicted molar refractivity (Wildman–Crippen MR) is 85.3 cm³/mol. The van der Waals surface area contributed by atoms with Crippen molar-refractivity contribution in [2.24, 2.45) is 0 Å². The van der Waals surface area contributed by atoms with Crippen molar-refractivity contribution in [2.45, 2.75) is 19.5 Å². The van der Waals surface area contributed by atoms with Crippen LogP contribution in [-0.4, -0.2) is 16.9 Å². The highest BCUT2D eigenvalue weighted by Crippen LogP contribution is 2.22. The Labute approximate surface area is 129 Å². The minimum absolute atomic E-state index is 0.211. The van der Waals surface area contributed by atoms with E-state index in [0.717, 1.165) is 33.9 Å². The van der Waals surface area contributed by atoms with Crippen molar-refractivity contribution in [2.75, 3.05) is 7.05 Å². The standard InChI is InChI=1S/C17H17ClN2O/c1-12(17-4-3-9-21-17)20(2)11-15-7-5-13-10-14(18)6-8-16(13)19-15/h3-10,12H,11H2,1-2H3/t12-/m1/s1. The summed E-state index contributed by atoms with van der Waals surface area (Å²) in [7, 11) is 2.07. The molecular formula is C17H17ClN2O. The van der Waals surface area contributed by atoms with E-state index in [4.69, 9.17) is 16.0 Å². The van der Waals surface area contributed by atoms with Gasteiger partial charge in [-0.05, 0) is 50.4 Å². The highest BCUT2D eigenvalue weighted by molar-refractivity contribution is 6.31. The van der Waals surface area contributed by atoms with E-state index in [9.17, 15) is 0 Å². The zero-order valence-corrected chi connectivity index (χ0v) is 12.8. The Kier molecular flexibility index (Phi) is 3.95. The summed E-state index contributed by atoms with van der Waals surface area (Å²) in [6.07, 6.45) is 1.71. The Bertz CT molecular complexity index is 740. The summed E-state index contributed by atoms with van der Waals surface area (Å²) in [6, 6.07) is 14.0. The normalized spacial score (nSPS) is 13.0. The molecule has 3 nitrogen and oxygen atoms in total. The van der Waals surface area contributed by atoms with E-state index in [1.54, 1.807) is 6.26 Å². The average Bonchev–Trinajstić information content (AvgIpc) is 3.00. The first-order chi connectivity index (χ1) is 10.1. The molecule has 0 unspecified atom stereocenters. The monoisotopic (exact) mass is 300 g/mol. The third kappa shape index (κ3) is 3.09. The van der Waals surface area contributed by atoms with Gasteiger partial charge in [-0.3, -0.25) is 9.88 Å². The summed E-state index contributed by atoms with van der Waals surface area (Å²) in [5.74, 6) is 0.963. The predicted octanol–water partition coefficient (Wildman–Crippen LogP) is 4.67. The molecule has 1 aromatic carbocycles. The first-order valence-electron chi connectivity index (χ1n) is 6.92. The van der Waals surface area contributed by atoms with Crippen LogP contribution in [0.4, 0.5) is 0 Å². The summed E-state index contributed by atoms with van der Waals surface area (Å²) >= 11 is 5.99. The van der Waals surface area contributed by atoms with E-state index in [2.05, 4.69) is 29.9 Å². The van der Waals surface area contributed by atoms with Crippen molar-refractivity contribution in [1.29, 1.82) is 0 Å². The van der Waals surface area contributed by atoms with Gasteiger partial charge < -0.3 is 4.42 Å². The van der Waals surface area contributed by atoms with Crippen LogP contribution in [0.15, 0.2) is 53.1 Å². The molecule has 0 aliphatic carbocycles. The van der Waals surface area contributed by atoms with Crippen molar-refractivity contribution < 1.29 is 4.42 Å². The lowest BCUT2D eigenvalue weighted by molar-refractivity contribution is 0.221. The van der Waals surface area contributed by atoms with Gasteiger partial charge in [-0.1, -0.05) is 17.7 Å². The Morgan fingerprint density at radius 2 is 2.10 bits per heavy atom. The topological polar surface area (TPSA) is 29.3 Å². The van der Waals surface area contributed by atoms with Crippen molar-refractivity contribution in [3.63, 3.8) is 0 Å². The van der Waals surface area contributed by atoms with E-state index in [1.807, 2.05) is 36.4 Å². The highest BCUT2D eigenvalue weighted by atomic mass is 35.5. The molecule has 3 aromatic rings. The number of halogens is 1. The van der Waals surface area contributed by atoms with Gasteiger partial charge in [0.1, 0.15) is 5.76 Å². The quantitative estimate of drug-likeness (QED) is 0.701. The summed E-state index contributed by atoms with van der Waals surface area (Å²) < 4.78 is 5.46. The molecule has 0 radical (unpaired) electrons. The molecule has 0 saturated carbocycles. The number of hydrogen-bond acceptors (Lipinski definition) is 3. The lowest BCUT2D eigenvalue weighted by Gasteiger charge is -2.22. The maximum Gasteiger partial charge on any atom is 0.120 e. The molecule has 3 rings (SSSR count). The molecule has 2 aromatic heterocycles. The molecule has 0 fully saturated rings. The minimum atomic E-state index is 0.211. The van der Waals surface area contributed by atoms with Crippen LogP contribution >= 0.6 is 11.6 Å². The van der Waals surface area contributed by atoms with Gasteiger partial charge in [-0.25, -0.2) is 0 Å². The zero-order chi connectivity index (χ0) is 14.8. The fraction of sp³-hybridized carbons (Fsp3) is 0.235.